The van der Waals surface area contributed by atoms with Gasteiger partial charge in [-0.1, -0.05) is 12.1 Å². The largest absolute Gasteiger partial charge is 0.378 e. The summed E-state index contributed by atoms with van der Waals surface area (Å²) < 4.78 is 5.49. The van der Waals surface area contributed by atoms with E-state index in [-0.39, 0.29) is 6.04 Å². The number of H-pyrrole nitrogens is 1. The van der Waals surface area contributed by atoms with E-state index in [1.54, 1.807) is 6.33 Å². The molecule has 0 saturated carbocycles. The molecule has 0 unspecified atom stereocenters. The van der Waals surface area contributed by atoms with Crippen LogP contribution in [-0.2, 0) is 4.74 Å². The first-order valence-electron chi connectivity index (χ1n) is 12.1. The van der Waals surface area contributed by atoms with Crippen molar-refractivity contribution < 1.29 is 4.74 Å². The number of piperidine rings is 1. The summed E-state index contributed by atoms with van der Waals surface area (Å²) in [4.78, 5) is 25.9. The summed E-state index contributed by atoms with van der Waals surface area (Å²) in [7, 11) is 0. The molecule has 3 aromatic heterocycles. The highest BCUT2D eigenvalue weighted by Crippen LogP contribution is 2.30. The van der Waals surface area contributed by atoms with Gasteiger partial charge in [0.1, 0.15) is 17.8 Å². The molecule has 35 heavy (non-hydrogen) atoms. The lowest BCUT2D eigenvalue weighted by Crippen LogP contribution is -2.43. The Hall–Kier alpha value is -3.76. The van der Waals surface area contributed by atoms with E-state index in [1.165, 1.54) is 0 Å². The molecule has 4 aromatic rings. The Morgan fingerprint density at radius 1 is 0.943 bits per heavy atom. The number of ether oxygens (including phenoxy) is 1. The monoisotopic (exact) mass is 471 g/mol. The van der Waals surface area contributed by atoms with Crippen LogP contribution in [0.1, 0.15) is 12.8 Å². The lowest BCUT2D eigenvalue weighted by Gasteiger charge is -2.30. The molecule has 10 heteroatoms. The Bertz CT molecular complexity index is 1280. The maximum absolute atomic E-state index is 6.09. The minimum atomic E-state index is 0.193. The molecule has 0 bridgehead atoms. The molecule has 10 nitrogen and oxygen atoms in total. The van der Waals surface area contributed by atoms with Gasteiger partial charge < -0.3 is 30.6 Å². The number of nitrogens with zero attached hydrogens (tertiary/aromatic N) is 6. The van der Waals surface area contributed by atoms with Gasteiger partial charge in [0.25, 0.3) is 0 Å². The van der Waals surface area contributed by atoms with Crippen LogP contribution in [0.4, 0.5) is 23.1 Å². The summed E-state index contributed by atoms with van der Waals surface area (Å²) in [6.45, 7) is 4.87. The highest BCUT2D eigenvalue weighted by Gasteiger charge is 2.19. The number of rotatable bonds is 5. The SMILES string of the molecule is N[C@@H]1CCCN(c2ncc(Nc3ccc(-c4cc5c(N6CCOCC6)ncnc5[nH]4)cc3)cn2)C1. The van der Waals surface area contributed by atoms with Gasteiger partial charge in [-0.25, -0.2) is 19.9 Å². The molecular weight excluding hydrogens is 442 g/mol. The van der Waals surface area contributed by atoms with Crippen LogP contribution in [0.5, 0.6) is 0 Å². The van der Waals surface area contributed by atoms with Crippen molar-refractivity contribution in [3.05, 3.63) is 49.1 Å². The second kappa shape index (κ2) is 9.47. The third kappa shape index (κ3) is 4.62. The van der Waals surface area contributed by atoms with Crippen molar-refractivity contribution >= 4 is 34.2 Å². The number of anilines is 4. The summed E-state index contributed by atoms with van der Waals surface area (Å²) in [5.41, 5.74) is 10.8. The molecule has 0 amide bonds. The Morgan fingerprint density at radius 2 is 1.74 bits per heavy atom. The van der Waals surface area contributed by atoms with Crippen LogP contribution in [0.2, 0.25) is 0 Å². The minimum absolute atomic E-state index is 0.193. The number of fused-ring (bicyclic) bond motifs is 1. The normalized spacial score (nSPS) is 18.7. The minimum Gasteiger partial charge on any atom is -0.378 e. The first kappa shape index (κ1) is 21.8. The van der Waals surface area contributed by atoms with Gasteiger partial charge in [0.2, 0.25) is 5.95 Å². The Morgan fingerprint density at radius 3 is 2.51 bits per heavy atom. The third-order valence-corrected chi connectivity index (χ3v) is 6.58. The fraction of sp³-hybridized carbons (Fsp3) is 0.360. The molecule has 1 aromatic carbocycles. The zero-order valence-electron chi connectivity index (χ0n) is 19.5. The van der Waals surface area contributed by atoms with Gasteiger partial charge in [0.15, 0.2) is 0 Å². The summed E-state index contributed by atoms with van der Waals surface area (Å²) in [5.74, 6) is 1.69. The molecular formula is C25H29N9O. The number of aromatic amines is 1. The van der Waals surface area contributed by atoms with Crippen LogP contribution in [0.15, 0.2) is 49.1 Å². The van der Waals surface area contributed by atoms with E-state index in [9.17, 15) is 0 Å². The van der Waals surface area contributed by atoms with Crippen LogP contribution >= 0.6 is 0 Å². The van der Waals surface area contributed by atoms with E-state index < -0.39 is 0 Å². The Balaban J connectivity index is 1.16. The quantitative estimate of drug-likeness (QED) is 0.403. The zero-order chi connectivity index (χ0) is 23.6. The maximum atomic E-state index is 6.09. The molecule has 0 radical (unpaired) electrons. The van der Waals surface area contributed by atoms with Crippen LogP contribution in [0, 0.1) is 0 Å². The molecule has 2 aliphatic rings. The predicted octanol–water partition coefficient (Wildman–Crippen LogP) is 2.92. The number of aromatic nitrogens is 5. The molecule has 2 fully saturated rings. The highest BCUT2D eigenvalue weighted by atomic mass is 16.5. The highest BCUT2D eigenvalue weighted by molar-refractivity contribution is 5.92. The number of nitrogens with two attached hydrogens (primary N) is 1. The molecule has 0 aliphatic carbocycles. The lowest BCUT2D eigenvalue weighted by molar-refractivity contribution is 0.122. The van der Waals surface area contributed by atoms with Crippen molar-refractivity contribution in [1.82, 2.24) is 24.9 Å². The fourth-order valence-electron chi connectivity index (χ4n) is 4.75. The van der Waals surface area contributed by atoms with Crippen LogP contribution in [0.25, 0.3) is 22.3 Å². The van der Waals surface area contributed by atoms with Crippen molar-refractivity contribution in [2.45, 2.75) is 18.9 Å². The predicted molar refractivity (Wildman–Crippen MR) is 137 cm³/mol. The number of hydrogen-bond acceptors (Lipinski definition) is 9. The van der Waals surface area contributed by atoms with Gasteiger partial charge in [0, 0.05) is 43.6 Å². The number of nitrogens with one attached hydrogen (secondary N) is 2. The second-order valence-corrected chi connectivity index (χ2v) is 9.06. The van der Waals surface area contributed by atoms with E-state index in [2.05, 4.69) is 58.2 Å². The molecule has 1 atom stereocenters. The van der Waals surface area contributed by atoms with Gasteiger partial charge in [-0.15, -0.1) is 0 Å². The molecule has 5 heterocycles. The van der Waals surface area contributed by atoms with Gasteiger partial charge in [-0.05, 0) is 36.6 Å². The van der Waals surface area contributed by atoms with Gasteiger partial charge in [0.05, 0.1) is 36.7 Å². The number of benzene rings is 1. The smallest absolute Gasteiger partial charge is 0.225 e. The Labute approximate surface area is 203 Å². The van der Waals surface area contributed by atoms with E-state index in [0.29, 0.717) is 0 Å². The van der Waals surface area contributed by atoms with E-state index in [4.69, 9.17) is 10.5 Å². The summed E-state index contributed by atoms with van der Waals surface area (Å²) in [6.07, 6.45) is 7.40. The molecule has 4 N–H and O–H groups in total. The molecule has 2 aliphatic heterocycles. The topological polar surface area (TPSA) is 121 Å². The second-order valence-electron chi connectivity index (χ2n) is 9.06. The van der Waals surface area contributed by atoms with Crippen LogP contribution in [-0.4, -0.2) is 70.4 Å². The molecule has 180 valence electrons. The maximum Gasteiger partial charge on any atom is 0.225 e. The van der Waals surface area contributed by atoms with Crippen molar-refractivity contribution in [2.24, 2.45) is 5.73 Å². The first-order chi connectivity index (χ1) is 17.2. The van der Waals surface area contributed by atoms with E-state index in [1.807, 2.05) is 24.5 Å². The number of hydrogen-bond donors (Lipinski definition) is 3. The van der Waals surface area contributed by atoms with Gasteiger partial charge >= 0.3 is 0 Å². The van der Waals surface area contributed by atoms with E-state index >= 15 is 0 Å². The van der Waals surface area contributed by atoms with Crippen molar-refractivity contribution in [1.29, 1.82) is 0 Å². The van der Waals surface area contributed by atoms with Gasteiger partial charge in [-0.2, -0.15) is 0 Å². The third-order valence-electron chi connectivity index (χ3n) is 6.58. The van der Waals surface area contributed by atoms with Crippen molar-refractivity contribution in [2.75, 3.05) is 54.5 Å². The van der Waals surface area contributed by atoms with Gasteiger partial charge in [-0.3, -0.25) is 0 Å². The Kier molecular flexibility index (Phi) is 5.89. The average Bonchev–Trinajstić information content (AvgIpc) is 3.35. The first-order valence-corrected chi connectivity index (χ1v) is 12.1. The van der Waals surface area contributed by atoms with E-state index in [0.717, 1.165) is 97.7 Å². The standard InChI is InChI=1S/C25H29N9O/c26-18-2-1-7-34(15-18)25-27-13-20(14-28-25)31-19-5-3-17(4-6-19)22-12-21-23(32-22)29-16-30-24(21)33-8-10-35-11-9-33/h3-6,12-14,16,18,31H,1-2,7-11,15,26H2,(H,29,30,32)/t18-/m1/s1. The molecule has 2 saturated heterocycles. The van der Waals surface area contributed by atoms with Crippen LogP contribution in [0.3, 0.4) is 0 Å². The van der Waals surface area contributed by atoms with Crippen LogP contribution < -0.4 is 20.9 Å². The summed E-state index contributed by atoms with van der Waals surface area (Å²) in [5, 5.41) is 4.41. The summed E-state index contributed by atoms with van der Waals surface area (Å²) in [6, 6.07) is 10.6. The van der Waals surface area contributed by atoms with Crippen molar-refractivity contribution in [3.8, 4) is 11.3 Å². The summed E-state index contributed by atoms with van der Waals surface area (Å²) >= 11 is 0. The lowest BCUT2D eigenvalue weighted by atomic mass is 10.1. The van der Waals surface area contributed by atoms with Crippen molar-refractivity contribution in [3.63, 3.8) is 0 Å². The molecule has 6 rings (SSSR count). The number of morpholine rings is 1. The average molecular weight is 472 g/mol. The fourth-order valence-corrected chi connectivity index (χ4v) is 4.75. The zero-order valence-corrected chi connectivity index (χ0v) is 19.5. The molecule has 0 spiro atoms.